The first-order valence-electron chi connectivity index (χ1n) is 10.5. The van der Waals surface area contributed by atoms with Crippen molar-refractivity contribution in [3.05, 3.63) is 59.7 Å². The van der Waals surface area contributed by atoms with E-state index in [1.54, 1.807) is 20.8 Å². The maximum absolute atomic E-state index is 12.0. The molecule has 0 aromatic heterocycles. The van der Waals surface area contributed by atoms with Crippen molar-refractivity contribution < 1.29 is 29.3 Å². The zero-order valence-electron chi connectivity index (χ0n) is 19.2. The van der Waals surface area contributed by atoms with Crippen LogP contribution in [0.2, 0.25) is 0 Å². The van der Waals surface area contributed by atoms with E-state index in [0.717, 1.165) is 22.3 Å². The van der Waals surface area contributed by atoms with Crippen molar-refractivity contribution in [2.45, 2.75) is 51.3 Å². The first kappa shape index (κ1) is 25.8. The lowest BCUT2D eigenvalue weighted by Gasteiger charge is -2.27. The second-order valence-corrected chi connectivity index (χ2v) is 8.83. The van der Waals surface area contributed by atoms with E-state index in [1.807, 2.05) is 48.5 Å². The maximum atomic E-state index is 12.0. The Labute approximate surface area is 193 Å². The van der Waals surface area contributed by atoms with Crippen LogP contribution in [-0.4, -0.2) is 58.0 Å². The normalized spacial score (nSPS) is 13.3. The first-order valence-corrected chi connectivity index (χ1v) is 10.5. The number of rotatable bonds is 9. The van der Waals surface area contributed by atoms with Crippen LogP contribution in [0.4, 0.5) is 4.79 Å². The Morgan fingerprint density at radius 1 is 0.909 bits per heavy atom. The highest BCUT2D eigenvalue weighted by Gasteiger charge is 2.26. The van der Waals surface area contributed by atoms with E-state index in [4.69, 9.17) is 15.6 Å². The number of nitrogens with zero attached hydrogens (tertiary/aromatic N) is 1. The quantitative estimate of drug-likeness (QED) is 0.421. The number of carboxylic acid groups (broad SMARTS) is 2. The van der Waals surface area contributed by atoms with Crippen LogP contribution in [0.5, 0.6) is 0 Å². The van der Waals surface area contributed by atoms with Crippen molar-refractivity contribution in [1.82, 2.24) is 10.4 Å². The lowest BCUT2D eigenvalue weighted by Crippen LogP contribution is -2.51. The zero-order valence-corrected chi connectivity index (χ0v) is 19.2. The highest BCUT2D eigenvalue weighted by molar-refractivity contribution is 5.75. The van der Waals surface area contributed by atoms with E-state index in [9.17, 15) is 19.5 Å². The minimum Gasteiger partial charge on any atom is -0.480 e. The molecule has 33 heavy (non-hydrogen) atoms. The van der Waals surface area contributed by atoms with Crippen LogP contribution in [0.25, 0.3) is 11.1 Å². The van der Waals surface area contributed by atoms with Crippen molar-refractivity contribution in [2.75, 3.05) is 7.05 Å². The molecule has 2 rings (SSSR count). The number of amides is 1. The Hall–Kier alpha value is -3.43. The van der Waals surface area contributed by atoms with Crippen LogP contribution < -0.4 is 11.2 Å². The van der Waals surface area contributed by atoms with Crippen LogP contribution in [-0.2, 0) is 27.2 Å². The Kier molecular flexibility index (Phi) is 8.56. The number of carbonyl (C=O) groups is 3. The molecular weight excluding hydrogens is 426 g/mol. The predicted molar refractivity (Wildman–Crippen MR) is 123 cm³/mol. The number of hydrogen-bond donors (Lipinski definition) is 4. The third kappa shape index (κ3) is 8.21. The van der Waals surface area contributed by atoms with E-state index < -0.39 is 35.7 Å². The number of hydrogen-bond acceptors (Lipinski definition) is 6. The number of aliphatic carboxylic acids is 2. The van der Waals surface area contributed by atoms with Crippen molar-refractivity contribution in [3.8, 4) is 11.1 Å². The van der Waals surface area contributed by atoms with Gasteiger partial charge < -0.3 is 20.7 Å². The molecule has 0 radical (unpaired) electrons. The summed E-state index contributed by atoms with van der Waals surface area (Å²) in [5.41, 5.74) is 10.8. The number of nitrogens with two attached hydrogens (primary N) is 1. The number of ether oxygens (including phenoxy) is 1. The third-order valence-corrected chi connectivity index (χ3v) is 4.86. The summed E-state index contributed by atoms with van der Waals surface area (Å²) in [7, 11) is 1.48. The van der Waals surface area contributed by atoms with E-state index in [1.165, 1.54) is 12.1 Å². The topological polar surface area (TPSA) is 142 Å². The second kappa shape index (κ2) is 10.9. The average molecular weight is 458 g/mol. The van der Waals surface area contributed by atoms with Gasteiger partial charge in [0.2, 0.25) is 0 Å². The summed E-state index contributed by atoms with van der Waals surface area (Å²) in [5.74, 6) is -2.12. The van der Waals surface area contributed by atoms with Crippen LogP contribution >= 0.6 is 0 Å². The van der Waals surface area contributed by atoms with Gasteiger partial charge in [-0.05, 0) is 49.4 Å². The summed E-state index contributed by atoms with van der Waals surface area (Å²) in [5, 5.41) is 19.8. The molecule has 2 unspecified atom stereocenters. The number of benzene rings is 2. The molecule has 2 aromatic rings. The number of likely N-dealkylation sites (N-methyl/N-ethyl adjacent to an activating group) is 1. The summed E-state index contributed by atoms with van der Waals surface area (Å²) < 4.78 is 5.17. The van der Waals surface area contributed by atoms with Gasteiger partial charge in [-0.25, -0.2) is 9.80 Å². The molecule has 178 valence electrons. The summed E-state index contributed by atoms with van der Waals surface area (Å²) >= 11 is 0. The molecule has 0 aliphatic carbocycles. The predicted octanol–water partition coefficient (Wildman–Crippen LogP) is 2.68. The van der Waals surface area contributed by atoms with Gasteiger partial charge in [0.05, 0.1) is 0 Å². The molecule has 9 nitrogen and oxygen atoms in total. The van der Waals surface area contributed by atoms with Gasteiger partial charge in [-0.1, -0.05) is 48.5 Å². The van der Waals surface area contributed by atoms with Crippen molar-refractivity contribution in [2.24, 2.45) is 5.73 Å². The highest BCUT2D eigenvalue weighted by Crippen LogP contribution is 2.22. The van der Waals surface area contributed by atoms with Gasteiger partial charge in [-0.3, -0.25) is 15.0 Å². The Bertz CT molecular complexity index is 967. The Morgan fingerprint density at radius 2 is 1.36 bits per heavy atom. The molecule has 0 aliphatic rings. The fourth-order valence-electron chi connectivity index (χ4n) is 3.14. The molecule has 2 aromatic carbocycles. The summed E-state index contributed by atoms with van der Waals surface area (Å²) in [6.07, 6.45) is -0.302. The van der Waals surface area contributed by atoms with E-state index in [-0.39, 0.29) is 12.8 Å². The number of nitrogens with one attached hydrogen (secondary N) is 1. The molecule has 2 atom stereocenters. The smallest absolute Gasteiger partial charge is 0.422 e. The van der Waals surface area contributed by atoms with Crippen molar-refractivity contribution >= 4 is 18.0 Å². The number of carboxylic acids is 2. The van der Waals surface area contributed by atoms with Crippen LogP contribution in [0.15, 0.2) is 48.5 Å². The van der Waals surface area contributed by atoms with Crippen molar-refractivity contribution in [3.63, 3.8) is 0 Å². The molecular formula is C24H31N3O6. The van der Waals surface area contributed by atoms with Crippen molar-refractivity contribution in [1.29, 1.82) is 0 Å². The number of carbonyl (C=O) groups excluding carboxylic acids is 1. The maximum Gasteiger partial charge on any atom is 0.422 e. The average Bonchev–Trinajstić information content (AvgIpc) is 2.71. The minimum absolute atomic E-state index is 0.175. The summed E-state index contributed by atoms with van der Waals surface area (Å²) in [6, 6.07) is 13.0. The Balaban J connectivity index is 2.04. The molecule has 0 saturated carbocycles. The van der Waals surface area contributed by atoms with E-state index in [2.05, 4.69) is 5.43 Å². The van der Waals surface area contributed by atoms with Gasteiger partial charge in [-0.2, -0.15) is 0 Å². The molecule has 0 bridgehead atoms. The first-order chi connectivity index (χ1) is 15.4. The molecule has 1 amide bonds. The SMILES string of the molecule is CN(NC(=O)OC(C)(C)C)C(Cc1ccc(-c2ccc(CC(N)C(=O)O)cc2)cc1)C(=O)O. The molecule has 0 saturated heterocycles. The fourth-order valence-corrected chi connectivity index (χ4v) is 3.14. The zero-order chi connectivity index (χ0) is 24.8. The summed E-state index contributed by atoms with van der Waals surface area (Å²) in [6.45, 7) is 5.17. The fraction of sp³-hybridized carbons (Fsp3) is 0.375. The monoisotopic (exact) mass is 457 g/mol. The molecule has 5 N–H and O–H groups in total. The molecule has 9 heteroatoms. The van der Waals surface area contributed by atoms with Gasteiger partial charge in [0, 0.05) is 13.5 Å². The molecule has 0 heterocycles. The van der Waals surface area contributed by atoms with Gasteiger partial charge in [-0.15, -0.1) is 0 Å². The molecule has 0 fully saturated rings. The van der Waals surface area contributed by atoms with Crippen LogP contribution in [0.1, 0.15) is 31.9 Å². The lowest BCUT2D eigenvalue weighted by atomic mass is 9.98. The second-order valence-electron chi connectivity index (χ2n) is 8.83. The van der Waals surface area contributed by atoms with E-state index in [0.29, 0.717) is 0 Å². The van der Waals surface area contributed by atoms with Gasteiger partial charge in [0.15, 0.2) is 0 Å². The lowest BCUT2D eigenvalue weighted by molar-refractivity contribution is -0.143. The molecule has 0 spiro atoms. The largest absolute Gasteiger partial charge is 0.480 e. The van der Waals surface area contributed by atoms with Gasteiger partial charge >= 0.3 is 18.0 Å². The third-order valence-electron chi connectivity index (χ3n) is 4.86. The van der Waals surface area contributed by atoms with E-state index >= 15 is 0 Å². The highest BCUT2D eigenvalue weighted by atomic mass is 16.6. The van der Waals surface area contributed by atoms with Crippen LogP contribution in [0, 0.1) is 0 Å². The van der Waals surface area contributed by atoms with Gasteiger partial charge in [0.25, 0.3) is 0 Å². The van der Waals surface area contributed by atoms with Crippen LogP contribution in [0.3, 0.4) is 0 Å². The summed E-state index contributed by atoms with van der Waals surface area (Å²) in [4.78, 5) is 34.6. The minimum atomic E-state index is -1.08. The Morgan fingerprint density at radius 3 is 1.76 bits per heavy atom. The number of hydrazine groups is 1. The standard InChI is InChI=1S/C24H31N3O6/c1-24(2,3)33-23(32)26-27(4)20(22(30)31)14-16-7-11-18(12-8-16)17-9-5-15(6-10-17)13-19(25)21(28)29/h5-12,19-20H,13-14,25H2,1-4H3,(H,26,32)(H,28,29)(H,30,31). The molecule has 0 aliphatic heterocycles. The van der Waals surface area contributed by atoms with Gasteiger partial charge in [0.1, 0.15) is 17.7 Å².